The van der Waals surface area contributed by atoms with E-state index in [0.29, 0.717) is 6.42 Å². The summed E-state index contributed by atoms with van der Waals surface area (Å²) in [5.74, 6) is -0.504. The van der Waals surface area contributed by atoms with Gasteiger partial charge in [-0.05, 0) is 16.7 Å². The Morgan fingerprint density at radius 2 is 2.24 bits per heavy atom. The van der Waals surface area contributed by atoms with Gasteiger partial charge in [0.15, 0.2) is 9.84 Å². The van der Waals surface area contributed by atoms with E-state index >= 15 is 0 Å². The molecule has 17 heavy (non-hydrogen) atoms. The van der Waals surface area contributed by atoms with E-state index in [9.17, 15) is 13.2 Å². The van der Waals surface area contributed by atoms with E-state index < -0.39 is 15.7 Å². The predicted molar refractivity (Wildman–Crippen MR) is 57.9 cm³/mol. The fourth-order valence-electron chi connectivity index (χ4n) is 1.76. The number of nitrogens with two attached hydrogens (primary N) is 1. The zero-order chi connectivity index (χ0) is 12.6. The third-order valence-electron chi connectivity index (χ3n) is 2.79. The van der Waals surface area contributed by atoms with Crippen molar-refractivity contribution in [3.63, 3.8) is 0 Å². The van der Waals surface area contributed by atoms with Gasteiger partial charge in [0.2, 0.25) is 11.5 Å². The molecule has 1 aliphatic rings. The maximum absolute atomic E-state index is 11.9. The predicted octanol–water partition coefficient (Wildman–Crippen LogP) is -1.09. The molecule has 1 atom stereocenters. The molecule has 1 unspecified atom stereocenters. The molecule has 0 aliphatic carbocycles. The Morgan fingerprint density at radius 3 is 2.71 bits per heavy atom. The molecule has 8 nitrogen and oxygen atoms in total. The highest BCUT2D eigenvalue weighted by molar-refractivity contribution is 7.91. The maximum Gasteiger partial charge on any atom is 0.280 e. The number of hydrogen-bond donors (Lipinski definition) is 1. The largest absolute Gasteiger partial charge is 0.379 e. The second-order valence-electron chi connectivity index (χ2n) is 3.97. The van der Waals surface area contributed by atoms with E-state index in [1.54, 1.807) is 0 Å². The van der Waals surface area contributed by atoms with Crippen LogP contribution in [0.25, 0.3) is 0 Å². The molecule has 1 aromatic rings. The van der Waals surface area contributed by atoms with Crippen LogP contribution in [0.15, 0.2) is 4.63 Å². The Morgan fingerprint density at radius 1 is 1.53 bits per heavy atom. The van der Waals surface area contributed by atoms with Crippen LogP contribution in [-0.4, -0.2) is 54.1 Å². The van der Waals surface area contributed by atoms with Gasteiger partial charge in [-0.3, -0.25) is 4.79 Å². The van der Waals surface area contributed by atoms with Crippen molar-refractivity contribution in [3.05, 3.63) is 5.69 Å². The Bertz CT molecular complexity index is 537. The van der Waals surface area contributed by atoms with E-state index in [-0.39, 0.29) is 29.1 Å². The minimum absolute atomic E-state index is 0.0274. The summed E-state index contributed by atoms with van der Waals surface area (Å²) in [5, 5.41) is 6.69. The average Bonchev–Trinajstić information content (AvgIpc) is 2.82. The Kier molecular flexibility index (Phi) is 2.77. The first kappa shape index (κ1) is 11.8. The van der Waals surface area contributed by atoms with Crippen LogP contribution in [0.1, 0.15) is 16.9 Å². The summed E-state index contributed by atoms with van der Waals surface area (Å²) in [6.45, 7) is 0. The van der Waals surface area contributed by atoms with Crippen molar-refractivity contribution in [2.45, 2.75) is 12.5 Å². The highest BCUT2D eigenvalue weighted by Gasteiger charge is 2.34. The first-order valence-corrected chi connectivity index (χ1v) is 6.78. The molecule has 2 heterocycles. The van der Waals surface area contributed by atoms with Gasteiger partial charge in [0, 0.05) is 13.1 Å². The monoisotopic (exact) mass is 260 g/mol. The zero-order valence-electron chi connectivity index (χ0n) is 9.16. The molecule has 1 amide bonds. The highest BCUT2D eigenvalue weighted by Crippen LogP contribution is 2.19. The summed E-state index contributed by atoms with van der Waals surface area (Å²) in [4.78, 5) is 13.2. The number of sulfone groups is 1. The fourth-order valence-corrected chi connectivity index (χ4v) is 3.53. The van der Waals surface area contributed by atoms with Crippen molar-refractivity contribution in [1.29, 1.82) is 0 Å². The first-order valence-electron chi connectivity index (χ1n) is 4.96. The number of hydrogen-bond acceptors (Lipinski definition) is 7. The number of aromatic nitrogens is 2. The van der Waals surface area contributed by atoms with Crippen molar-refractivity contribution >= 4 is 21.6 Å². The van der Waals surface area contributed by atoms with Crippen molar-refractivity contribution in [1.82, 2.24) is 15.2 Å². The number of carbonyl (C=O) groups excluding carboxylic acids is 1. The molecule has 0 spiro atoms. The van der Waals surface area contributed by atoms with E-state index in [0.717, 1.165) is 0 Å². The normalized spacial score (nSPS) is 22.5. The third kappa shape index (κ3) is 2.23. The molecule has 0 radical (unpaired) electrons. The SMILES string of the molecule is CN(C(=O)c1nonc1N)C1CCS(=O)(=O)C1. The molecule has 9 heteroatoms. The molecular weight excluding hydrogens is 248 g/mol. The molecule has 0 saturated carbocycles. The van der Waals surface area contributed by atoms with Crippen molar-refractivity contribution in [2.24, 2.45) is 0 Å². The fraction of sp³-hybridized carbons (Fsp3) is 0.625. The van der Waals surface area contributed by atoms with Gasteiger partial charge in [0.1, 0.15) is 0 Å². The van der Waals surface area contributed by atoms with Crippen molar-refractivity contribution in [2.75, 3.05) is 24.3 Å². The maximum atomic E-state index is 11.9. The standard InChI is InChI=1S/C8H12N4O4S/c1-12(5-2-3-17(14,15)4-5)8(13)6-7(9)11-16-10-6/h5H,2-4H2,1H3,(H2,9,11). The Balaban J connectivity index is 2.14. The summed E-state index contributed by atoms with van der Waals surface area (Å²) in [7, 11) is -1.52. The lowest BCUT2D eigenvalue weighted by atomic mass is 10.2. The second kappa shape index (κ2) is 3.99. The van der Waals surface area contributed by atoms with Crippen LogP contribution in [0, 0.1) is 0 Å². The lowest BCUT2D eigenvalue weighted by Crippen LogP contribution is -2.38. The smallest absolute Gasteiger partial charge is 0.280 e. The molecule has 1 aliphatic heterocycles. The minimum Gasteiger partial charge on any atom is -0.379 e. The lowest BCUT2D eigenvalue weighted by Gasteiger charge is -2.21. The number of nitrogen functional groups attached to an aromatic ring is 1. The summed E-state index contributed by atoms with van der Waals surface area (Å²) in [5.41, 5.74) is 5.31. The first-order chi connectivity index (χ1) is 7.91. The van der Waals surface area contributed by atoms with Crippen LogP contribution >= 0.6 is 0 Å². The van der Waals surface area contributed by atoms with Gasteiger partial charge in [0.25, 0.3) is 5.91 Å². The van der Waals surface area contributed by atoms with Gasteiger partial charge in [-0.1, -0.05) is 0 Å². The van der Waals surface area contributed by atoms with Crippen LogP contribution < -0.4 is 5.73 Å². The molecule has 2 rings (SSSR count). The quantitative estimate of drug-likeness (QED) is 0.717. The van der Waals surface area contributed by atoms with Crippen molar-refractivity contribution < 1.29 is 17.8 Å². The number of rotatable bonds is 2. The Hall–Kier alpha value is -1.64. The average molecular weight is 260 g/mol. The lowest BCUT2D eigenvalue weighted by molar-refractivity contribution is 0.0737. The topological polar surface area (TPSA) is 119 Å². The summed E-state index contributed by atoms with van der Waals surface area (Å²) >= 11 is 0. The summed E-state index contributed by atoms with van der Waals surface area (Å²) in [6.07, 6.45) is 0.426. The molecule has 0 bridgehead atoms. The van der Waals surface area contributed by atoms with Crippen LogP contribution in [0.3, 0.4) is 0 Å². The van der Waals surface area contributed by atoms with Crippen LogP contribution in [0.2, 0.25) is 0 Å². The van der Waals surface area contributed by atoms with Gasteiger partial charge in [-0.2, -0.15) is 0 Å². The number of carbonyl (C=O) groups is 1. The van der Waals surface area contributed by atoms with Crippen LogP contribution in [0.4, 0.5) is 5.82 Å². The third-order valence-corrected chi connectivity index (χ3v) is 4.54. The molecular formula is C8H12N4O4S. The second-order valence-corrected chi connectivity index (χ2v) is 6.20. The van der Waals surface area contributed by atoms with E-state index in [4.69, 9.17) is 5.73 Å². The number of anilines is 1. The molecule has 0 aromatic carbocycles. The molecule has 1 fully saturated rings. The van der Waals surface area contributed by atoms with Crippen molar-refractivity contribution in [3.8, 4) is 0 Å². The van der Waals surface area contributed by atoms with Gasteiger partial charge in [0.05, 0.1) is 11.5 Å². The van der Waals surface area contributed by atoms with Crippen LogP contribution in [-0.2, 0) is 9.84 Å². The van der Waals surface area contributed by atoms with Gasteiger partial charge < -0.3 is 10.6 Å². The van der Waals surface area contributed by atoms with E-state index in [1.165, 1.54) is 11.9 Å². The van der Waals surface area contributed by atoms with Gasteiger partial charge in [-0.15, -0.1) is 0 Å². The van der Waals surface area contributed by atoms with E-state index in [2.05, 4.69) is 14.9 Å². The number of amides is 1. The molecule has 1 aromatic heterocycles. The Labute approximate surface area is 97.6 Å². The summed E-state index contributed by atoms with van der Waals surface area (Å²) < 4.78 is 27.0. The van der Waals surface area contributed by atoms with Gasteiger partial charge in [-0.25, -0.2) is 13.0 Å². The zero-order valence-corrected chi connectivity index (χ0v) is 9.98. The highest BCUT2D eigenvalue weighted by atomic mass is 32.2. The van der Waals surface area contributed by atoms with E-state index in [1.807, 2.05) is 0 Å². The van der Waals surface area contributed by atoms with Gasteiger partial charge >= 0.3 is 0 Å². The van der Waals surface area contributed by atoms with Crippen LogP contribution in [0.5, 0.6) is 0 Å². The molecule has 2 N–H and O–H groups in total. The molecule has 94 valence electrons. The minimum atomic E-state index is -3.04. The molecule has 1 saturated heterocycles. The summed E-state index contributed by atoms with van der Waals surface area (Å²) in [6, 6.07) is -0.344. The number of nitrogens with zero attached hydrogens (tertiary/aromatic N) is 3.